The molecule has 1 amide bonds. The van der Waals surface area contributed by atoms with Crippen LogP contribution in [-0.2, 0) is 4.74 Å². The Morgan fingerprint density at radius 1 is 1.28 bits per heavy atom. The first-order valence-corrected chi connectivity index (χ1v) is 8.40. The van der Waals surface area contributed by atoms with Gasteiger partial charge in [-0.1, -0.05) is 12.1 Å². The molecule has 0 aliphatic carbocycles. The number of amides is 1. The van der Waals surface area contributed by atoms with Crippen molar-refractivity contribution in [2.45, 2.75) is 19.9 Å². The van der Waals surface area contributed by atoms with Crippen LogP contribution in [-0.4, -0.2) is 37.2 Å². The number of anilines is 1. The van der Waals surface area contributed by atoms with Crippen molar-refractivity contribution in [3.8, 4) is 0 Å². The highest BCUT2D eigenvalue weighted by atomic mass is 19.1. The molecule has 3 rings (SSSR count). The molecule has 2 heterocycles. The summed E-state index contributed by atoms with van der Waals surface area (Å²) < 4.78 is 18.7. The zero-order valence-corrected chi connectivity index (χ0v) is 14.5. The smallest absolute Gasteiger partial charge is 0.253 e. The van der Waals surface area contributed by atoms with Crippen LogP contribution in [0.2, 0.25) is 0 Å². The van der Waals surface area contributed by atoms with E-state index in [1.54, 1.807) is 31.3 Å². The second kappa shape index (κ2) is 7.61. The van der Waals surface area contributed by atoms with Gasteiger partial charge >= 0.3 is 0 Å². The van der Waals surface area contributed by atoms with Crippen molar-refractivity contribution in [2.75, 3.05) is 31.2 Å². The summed E-state index contributed by atoms with van der Waals surface area (Å²) in [5, 5.41) is 2.92. The second-order valence-electron chi connectivity index (χ2n) is 6.21. The molecule has 25 heavy (non-hydrogen) atoms. The Bertz CT molecular complexity index is 743. The van der Waals surface area contributed by atoms with Gasteiger partial charge in [0, 0.05) is 19.3 Å². The van der Waals surface area contributed by atoms with Crippen LogP contribution < -0.4 is 10.2 Å². The fourth-order valence-corrected chi connectivity index (χ4v) is 2.80. The summed E-state index contributed by atoms with van der Waals surface area (Å²) in [6.07, 6.45) is 1.59. The number of hydrogen-bond acceptors (Lipinski definition) is 4. The van der Waals surface area contributed by atoms with Crippen LogP contribution in [0.3, 0.4) is 0 Å². The van der Waals surface area contributed by atoms with Crippen molar-refractivity contribution in [2.24, 2.45) is 0 Å². The minimum absolute atomic E-state index is 0.199. The Hall–Kier alpha value is -2.47. The monoisotopic (exact) mass is 343 g/mol. The van der Waals surface area contributed by atoms with E-state index in [1.807, 2.05) is 13.0 Å². The number of nitrogens with zero attached hydrogens (tertiary/aromatic N) is 2. The summed E-state index contributed by atoms with van der Waals surface area (Å²) in [5.41, 5.74) is 1.93. The van der Waals surface area contributed by atoms with E-state index in [2.05, 4.69) is 15.2 Å². The number of ether oxygens (including phenoxy) is 1. The van der Waals surface area contributed by atoms with Crippen LogP contribution in [0.5, 0.6) is 0 Å². The number of carbonyl (C=O) groups is 1. The molecule has 0 radical (unpaired) electrons. The number of hydrogen-bond donors (Lipinski definition) is 1. The number of halogens is 1. The number of aromatic nitrogens is 1. The van der Waals surface area contributed by atoms with E-state index in [0.29, 0.717) is 24.3 Å². The van der Waals surface area contributed by atoms with Crippen molar-refractivity contribution in [3.05, 3.63) is 59.0 Å². The number of pyridine rings is 1. The normalized spacial score (nSPS) is 15.7. The molecule has 1 aliphatic heterocycles. The van der Waals surface area contributed by atoms with Crippen molar-refractivity contribution < 1.29 is 13.9 Å². The molecule has 6 heteroatoms. The average Bonchev–Trinajstić information content (AvgIpc) is 2.64. The second-order valence-corrected chi connectivity index (χ2v) is 6.21. The summed E-state index contributed by atoms with van der Waals surface area (Å²) in [6.45, 7) is 6.58. The van der Waals surface area contributed by atoms with E-state index in [9.17, 15) is 9.18 Å². The highest BCUT2D eigenvalue weighted by molar-refractivity contribution is 5.94. The molecule has 132 valence electrons. The van der Waals surface area contributed by atoms with Gasteiger partial charge < -0.3 is 15.0 Å². The lowest BCUT2D eigenvalue weighted by Crippen LogP contribution is -2.36. The zero-order valence-electron chi connectivity index (χ0n) is 14.5. The Labute approximate surface area is 146 Å². The Morgan fingerprint density at radius 3 is 2.68 bits per heavy atom. The van der Waals surface area contributed by atoms with Crippen LogP contribution in [0.25, 0.3) is 0 Å². The van der Waals surface area contributed by atoms with Crippen LogP contribution in [0.1, 0.15) is 34.5 Å². The topological polar surface area (TPSA) is 54.5 Å². The third-order valence-corrected chi connectivity index (χ3v) is 4.37. The van der Waals surface area contributed by atoms with Gasteiger partial charge in [-0.2, -0.15) is 0 Å². The standard InChI is InChI=1S/C19H22FN3O2/c1-13-11-15(3-5-17(13)20)14(2)22-19(24)16-4-6-18(21-12-16)23-7-9-25-10-8-23/h3-6,11-12,14H,7-10H2,1-2H3,(H,22,24)/t14-/m1/s1. The third kappa shape index (κ3) is 4.14. The third-order valence-electron chi connectivity index (χ3n) is 4.37. The summed E-state index contributed by atoms with van der Waals surface area (Å²) >= 11 is 0. The van der Waals surface area contributed by atoms with Gasteiger partial charge in [-0.3, -0.25) is 4.79 Å². The van der Waals surface area contributed by atoms with E-state index in [1.165, 1.54) is 6.07 Å². The molecule has 0 spiro atoms. The minimum atomic E-state index is -0.245. The highest BCUT2D eigenvalue weighted by Gasteiger charge is 2.15. The van der Waals surface area contributed by atoms with E-state index >= 15 is 0 Å². The predicted molar refractivity (Wildman–Crippen MR) is 94.3 cm³/mol. The van der Waals surface area contributed by atoms with Gasteiger partial charge in [0.15, 0.2) is 0 Å². The molecule has 0 saturated carbocycles. The van der Waals surface area contributed by atoms with Crippen LogP contribution in [0.4, 0.5) is 10.2 Å². The maximum atomic E-state index is 13.4. The molecule has 1 aliphatic rings. The first kappa shape index (κ1) is 17.4. The number of aryl methyl sites for hydroxylation is 1. The van der Waals surface area contributed by atoms with Crippen molar-refractivity contribution >= 4 is 11.7 Å². The van der Waals surface area contributed by atoms with Gasteiger partial charge in [0.1, 0.15) is 11.6 Å². The lowest BCUT2D eigenvalue weighted by Gasteiger charge is -2.27. The molecule has 1 aromatic carbocycles. The van der Waals surface area contributed by atoms with Gasteiger partial charge in [-0.25, -0.2) is 9.37 Å². The summed E-state index contributed by atoms with van der Waals surface area (Å²) in [4.78, 5) is 18.9. The molecular weight excluding hydrogens is 321 g/mol. The molecule has 1 saturated heterocycles. The number of morpholine rings is 1. The van der Waals surface area contributed by atoms with E-state index in [-0.39, 0.29) is 17.8 Å². The van der Waals surface area contributed by atoms with Crippen molar-refractivity contribution in [1.82, 2.24) is 10.3 Å². The molecule has 1 N–H and O–H groups in total. The van der Waals surface area contributed by atoms with E-state index in [4.69, 9.17) is 4.74 Å². The maximum Gasteiger partial charge on any atom is 0.253 e. The number of rotatable bonds is 4. The van der Waals surface area contributed by atoms with Crippen LogP contribution in [0.15, 0.2) is 36.5 Å². The van der Waals surface area contributed by atoms with Gasteiger partial charge in [-0.05, 0) is 43.2 Å². The quantitative estimate of drug-likeness (QED) is 0.927. The van der Waals surface area contributed by atoms with Crippen molar-refractivity contribution in [1.29, 1.82) is 0 Å². The Balaban J connectivity index is 1.65. The first-order chi connectivity index (χ1) is 12.0. The number of carbonyl (C=O) groups excluding carboxylic acids is 1. The zero-order chi connectivity index (χ0) is 17.8. The van der Waals surface area contributed by atoms with Crippen LogP contribution in [0, 0.1) is 12.7 Å². The number of benzene rings is 1. The first-order valence-electron chi connectivity index (χ1n) is 8.40. The highest BCUT2D eigenvalue weighted by Crippen LogP contribution is 2.18. The Kier molecular flexibility index (Phi) is 5.28. The van der Waals surface area contributed by atoms with Crippen molar-refractivity contribution in [3.63, 3.8) is 0 Å². The van der Waals surface area contributed by atoms with Gasteiger partial charge in [-0.15, -0.1) is 0 Å². The minimum Gasteiger partial charge on any atom is -0.378 e. The SMILES string of the molecule is Cc1cc([C@@H](C)NC(=O)c2ccc(N3CCOCC3)nc2)ccc1F. The van der Waals surface area contributed by atoms with Crippen LogP contribution >= 0.6 is 0 Å². The molecule has 0 unspecified atom stereocenters. The van der Waals surface area contributed by atoms with E-state index in [0.717, 1.165) is 24.5 Å². The molecular formula is C19H22FN3O2. The fraction of sp³-hybridized carbons (Fsp3) is 0.368. The average molecular weight is 343 g/mol. The van der Waals surface area contributed by atoms with E-state index < -0.39 is 0 Å². The molecule has 1 fully saturated rings. The molecule has 1 atom stereocenters. The predicted octanol–water partition coefficient (Wildman–Crippen LogP) is 2.86. The summed E-state index contributed by atoms with van der Waals surface area (Å²) in [5.74, 6) is 0.405. The summed E-state index contributed by atoms with van der Waals surface area (Å²) in [7, 11) is 0. The number of nitrogens with one attached hydrogen (secondary N) is 1. The van der Waals surface area contributed by atoms with Gasteiger partial charge in [0.25, 0.3) is 5.91 Å². The van der Waals surface area contributed by atoms with Gasteiger partial charge in [0.2, 0.25) is 0 Å². The maximum absolute atomic E-state index is 13.4. The lowest BCUT2D eigenvalue weighted by molar-refractivity contribution is 0.0939. The lowest BCUT2D eigenvalue weighted by atomic mass is 10.0. The van der Waals surface area contributed by atoms with Gasteiger partial charge in [0.05, 0.1) is 24.8 Å². The largest absolute Gasteiger partial charge is 0.378 e. The molecule has 0 bridgehead atoms. The Morgan fingerprint density at radius 2 is 2.04 bits per heavy atom. The molecule has 5 nitrogen and oxygen atoms in total. The molecule has 1 aromatic heterocycles. The molecule has 2 aromatic rings. The summed E-state index contributed by atoms with van der Waals surface area (Å²) in [6, 6.07) is 8.27. The fourth-order valence-electron chi connectivity index (χ4n) is 2.80.